The lowest BCUT2D eigenvalue weighted by Gasteiger charge is -1.98. The Morgan fingerprint density at radius 1 is 1.25 bits per heavy atom. The quantitative estimate of drug-likeness (QED) is 0.644. The van der Waals surface area contributed by atoms with E-state index in [9.17, 15) is 4.79 Å². The van der Waals surface area contributed by atoms with E-state index in [1.165, 1.54) is 17.6 Å². The number of benzene rings is 1. The fourth-order valence-electron chi connectivity index (χ4n) is 1.60. The van der Waals surface area contributed by atoms with Crippen molar-refractivity contribution in [3.05, 3.63) is 52.5 Å². The third kappa shape index (κ3) is 1.35. The first-order chi connectivity index (χ1) is 7.86. The lowest BCUT2D eigenvalue weighted by atomic mass is 10.1. The molecule has 3 aromatic rings. The van der Waals surface area contributed by atoms with E-state index in [1.807, 2.05) is 12.1 Å². The molecule has 0 unspecified atom stereocenters. The van der Waals surface area contributed by atoms with Crippen LogP contribution in [0.4, 0.5) is 0 Å². The number of hydrogen-bond acceptors (Lipinski definition) is 4. The van der Waals surface area contributed by atoms with Gasteiger partial charge in [0.05, 0.1) is 21.3 Å². The summed E-state index contributed by atoms with van der Waals surface area (Å²) in [5, 5.41) is 0.605. The van der Waals surface area contributed by atoms with Crippen molar-refractivity contribution in [2.45, 2.75) is 0 Å². The molecule has 0 spiro atoms. The fourth-order valence-corrected chi connectivity index (χ4v) is 2.22. The predicted octanol–water partition coefficient (Wildman–Crippen LogP) is 2.92. The summed E-state index contributed by atoms with van der Waals surface area (Å²) >= 11 is 1.43. The van der Waals surface area contributed by atoms with E-state index in [1.54, 1.807) is 23.8 Å². The van der Waals surface area contributed by atoms with Crippen molar-refractivity contribution in [2.24, 2.45) is 0 Å². The Kier molecular flexibility index (Phi) is 2.08. The summed E-state index contributed by atoms with van der Waals surface area (Å²) in [5.41, 5.74) is 2.87. The van der Waals surface area contributed by atoms with Gasteiger partial charge in [-0.2, -0.15) is 0 Å². The van der Waals surface area contributed by atoms with Crippen molar-refractivity contribution in [2.75, 3.05) is 0 Å². The van der Waals surface area contributed by atoms with E-state index in [4.69, 9.17) is 4.42 Å². The molecule has 2 aromatic heterocycles. The third-order valence-electron chi connectivity index (χ3n) is 2.38. The Morgan fingerprint density at radius 2 is 2.12 bits per heavy atom. The number of rotatable bonds is 1. The topological polar surface area (TPSA) is 43.1 Å². The van der Waals surface area contributed by atoms with E-state index in [-0.39, 0.29) is 5.43 Å². The molecule has 0 saturated heterocycles. The number of hydrogen-bond donors (Lipinski definition) is 0. The number of fused-ring (bicyclic) bond motifs is 1. The average Bonchev–Trinajstić information content (AvgIpc) is 2.83. The minimum absolute atomic E-state index is 0.00824. The molecule has 16 heavy (non-hydrogen) atoms. The lowest BCUT2D eigenvalue weighted by Crippen LogP contribution is -2.03. The van der Waals surface area contributed by atoms with Crippen LogP contribution in [0.2, 0.25) is 0 Å². The predicted molar refractivity (Wildman–Crippen MR) is 63.6 cm³/mol. The summed E-state index contributed by atoms with van der Waals surface area (Å²) in [6, 6.07) is 7.23. The standard InChI is InChI=1S/C12H7NO2S/c14-12-8-3-1-2-4-10(8)15-6-9(12)11-5-13-7-16-11/h1-7H. The van der Waals surface area contributed by atoms with E-state index < -0.39 is 0 Å². The van der Waals surface area contributed by atoms with Gasteiger partial charge in [0.1, 0.15) is 11.8 Å². The van der Waals surface area contributed by atoms with E-state index in [0.29, 0.717) is 16.5 Å². The zero-order valence-electron chi connectivity index (χ0n) is 8.21. The van der Waals surface area contributed by atoms with Gasteiger partial charge in [-0.3, -0.25) is 9.78 Å². The lowest BCUT2D eigenvalue weighted by molar-refractivity contribution is 0.605. The zero-order chi connectivity index (χ0) is 11.0. The Labute approximate surface area is 95.0 Å². The maximum atomic E-state index is 12.1. The second kappa shape index (κ2) is 3.57. The number of aromatic nitrogens is 1. The SMILES string of the molecule is O=c1c(-c2cncs2)coc2ccccc12. The van der Waals surface area contributed by atoms with Crippen LogP contribution >= 0.6 is 11.3 Å². The maximum absolute atomic E-state index is 12.1. The van der Waals surface area contributed by atoms with Crippen LogP contribution in [0, 0.1) is 0 Å². The van der Waals surface area contributed by atoms with Crippen LogP contribution in [0.1, 0.15) is 0 Å². The van der Waals surface area contributed by atoms with E-state index in [2.05, 4.69) is 4.98 Å². The minimum atomic E-state index is -0.00824. The minimum Gasteiger partial charge on any atom is -0.463 e. The van der Waals surface area contributed by atoms with Crippen LogP contribution in [0.15, 0.2) is 51.4 Å². The third-order valence-corrected chi connectivity index (χ3v) is 3.18. The van der Waals surface area contributed by atoms with Crippen LogP contribution in [-0.2, 0) is 0 Å². The summed E-state index contributed by atoms with van der Waals surface area (Å²) in [4.78, 5) is 16.9. The largest absolute Gasteiger partial charge is 0.463 e. The van der Waals surface area contributed by atoms with Gasteiger partial charge in [-0.05, 0) is 12.1 Å². The first-order valence-electron chi connectivity index (χ1n) is 4.75. The molecular formula is C12H7NO2S. The fraction of sp³-hybridized carbons (Fsp3) is 0. The summed E-state index contributed by atoms with van der Waals surface area (Å²) < 4.78 is 5.43. The summed E-state index contributed by atoms with van der Waals surface area (Å²) in [7, 11) is 0. The van der Waals surface area contributed by atoms with Gasteiger partial charge in [0.2, 0.25) is 5.43 Å². The Bertz CT molecular complexity index is 686. The smallest absolute Gasteiger partial charge is 0.201 e. The normalized spacial score (nSPS) is 10.8. The van der Waals surface area contributed by atoms with Gasteiger partial charge in [0.25, 0.3) is 0 Å². The van der Waals surface area contributed by atoms with Crippen LogP contribution in [0.5, 0.6) is 0 Å². The number of para-hydroxylation sites is 1. The van der Waals surface area contributed by atoms with Gasteiger partial charge in [-0.1, -0.05) is 12.1 Å². The summed E-state index contributed by atoms with van der Waals surface area (Å²) in [6.45, 7) is 0. The van der Waals surface area contributed by atoms with Crippen LogP contribution in [0.25, 0.3) is 21.4 Å². The van der Waals surface area contributed by atoms with Crippen molar-refractivity contribution >= 4 is 22.3 Å². The van der Waals surface area contributed by atoms with Crippen molar-refractivity contribution in [1.29, 1.82) is 0 Å². The van der Waals surface area contributed by atoms with Crippen molar-refractivity contribution in [3.63, 3.8) is 0 Å². The average molecular weight is 229 g/mol. The Hall–Kier alpha value is -1.94. The van der Waals surface area contributed by atoms with Crippen LogP contribution in [-0.4, -0.2) is 4.98 Å². The van der Waals surface area contributed by atoms with Crippen molar-refractivity contribution in [1.82, 2.24) is 4.98 Å². The molecule has 0 saturated carbocycles. The van der Waals surface area contributed by atoms with Gasteiger partial charge in [-0.15, -0.1) is 11.3 Å². The van der Waals surface area contributed by atoms with Gasteiger partial charge in [0.15, 0.2) is 0 Å². The van der Waals surface area contributed by atoms with E-state index >= 15 is 0 Å². The van der Waals surface area contributed by atoms with Crippen LogP contribution < -0.4 is 5.43 Å². The molecule has 0 atom stereocenters. The molecule has 1 aromatic carbocycles. The molecule has 4 heteroatoms. The summed E-state index contributed by atoms with van der Waals surface area (Å²) in [6.07, 6.45) is 3.17. The van der Waals surface area contributed by atoms with Gasteiger partial charge < -0.3 is 4.42 Å². The molecular weight excluding hydrogens is 222 g/mol. The first-order valence-corrected chi connectivity index (χ1v) is 5.63. The molecule has 78 valence electrons. The van der Waals surface area contributed by atoms with Gasteiger partial charge >= 0.3 is 0 Å². The molecule has 0 fully saturated rings. The van der Waals surface area contributed by atoms with Crippen molar-refractivity contribution in [3.8, 4) is 10.4 Å². The molecule has 2 heterocycles. The maximum Gasteiger partial charge on any atom is 0.201 e. The number of nitrogens with zero attached hydrogens (tertiary/aromatic N) is 1. The molecule has 0 N–H and O–H groups in total. The second-order valence-corrected chi connectivity index (χ2v) is 4.23. The van der Waals surface area contributed by atoms with Gasteiger partial charge in [0, 0.05) is 6.20 Å². The molecule has 3 rings (SSSR count). The molecule has 0 radical (unpaired) electrons. The molecule has 0 bridgehead atoms. The first kappa shape index (κ1) is 9.30. The van der Waals surface area contributed by atoms with Crippen LogP contribution in [0.3, 0.4) is 0 Å². The molecule has 0 aliphatic carbocycles. The summed E-state index contributed by atoms with van der Waals surface area (Å²) in [5.74, 6) is 0. The van der Waals surface area contributed by atoms with E-state index in [0.717, 1.165) is 4.88 Å². The molecule has 3 nitrogen and oxygen atoms in total. The Balaban J connectivity index is 2.37. The molecule has 0 aliphatic heterocycles. The number of thiazole rings is 1. The Morgan fingerprint density at radius 3 is 2.94 bits per heavy atom. The van der Waals surface area contributed by atoms with Gasteiger partial charge in [-0.25, -0.2) is 0 Å². The molecule has 0 amide bonds. The zero-order valence-corrected chi connectivity index (χ0v) is 9.03. The highest BCUT2D eigenvalue weighted by molar-refractivity contribution is 7.13. The second-order valence-electron chi connectivity index (χ2n) is 3.34. The molecule has 0 aliphatic rings. The monoisotopic (exact) mass is 229 g/mol. The highest BCUT2D eigenvalue weighted by Crippen LogP contribution is 2.22. The van der Waals surface area contributed by atoms with Crippen molar-refractivity contribution < 1.29 is 4.42 Å². The highest BCUT2D eigenvalue weighted by Gasteiger charge is 2.09. The highest BCUT2D eigenvalue weighted by atomic mass is 32.1.